The van der Waals surface area contributed by atoms with E-state index in [9.17, 15) is 0 Å². The zero-order valence-electron chi connectivity index (χ0n) is 6.55. The van der Waals surface area contributed by atoms with Crippen LogP contribution in [0.25, 0.3) is 0 Å². The summed E-state index contributed by atoms with van der Waals surface area (Å²) in [6, 6.07) is 0. The Hall–Kier alpha value is -0.540. The molecule has 0 fully saturated rings. The number of hydrogen-bond donors (Lipinski definition) is 0. The molecule has 0 spiro atoms. The van der Waals surface area contributed by atoms with Crippen molar-refractivity contribution in [2.75, 3.05) is 27.1 Å². The number of rotatable bonds is 6. The van der Waals surface area contributed by atoms with Gasteiger partial charge in [-0.25, -0.2) is 0 Å². The monoisotopic (exact) mass is 146 g/mol. The van der Waals surface area contributed by atoms with Crippen LogP contribution in [0.3, 0.4) is 0 Å². The van der Waals surface area contributed by atoms with Gasteiger partial charge in [-0.15, -0.1) is 0 Å². The first kappa shape index (κ1) is 9.46. The van der Waals surface area contributed by atoms with E-state index in [1.807, 2.05) is 0 Å². The maximum atomic E-state index is 4.98. The molecule has 0 N–H and O–H groups in total. The normalized spacial score (nSPS) is 9.40. The van der Waals surface area contributed by atoms with Gasteiger partial charge in [-0.3, -0.25) is 0 Å². The van der Waals surface area contributed by atoms with Crippen molar-refractivity contribution >= 4 is 0 Å². The zero-order valence-corrected chi connectivity index (χ0v) is 6.55. The number of methoxy groups -OCH3 is 1. The second-order valence-electron chi connectivity index (χ2n) is 1.87. The Morgan fingerprint density at radius 3 is 2.60 bits per heavy atom. The Kier molecular flexibility index (Phi) is 6.22. The fourth-order valence-electron chi connectivity index (χ4n) is 0.343. The Bertz CT molecular complexity index is 90.9. The lowest BCUT2D eigenvalue weighted by Gasteiger charge is -2.04. The smallest absolute Gasteiger partial charge is 0.188 e. The van der Waals surface area contributed by atoms with Crippen LogP contribution in [0.1, 0.15) is 6.92 Å². The third-order valence-corrected chi connectivity index (χ3v) is 0.820. The lowest BCUT2D eigenvalue weighted by atomic mass is 10.7. The molecule has 3 heteroatoms. The minimum Gasteiger partial charge on any atom is -0.473 e. The van der Waals surface area contributed by atoms with Crippen molar-refractivity contribution < 1.29 is 14.2 Å². The predicted molar refractivity (Wildman–Crippen MR) is 38.6 cm³/mol. The molecule has 0 rings (SSSR count). The molecular weight excluding hydrogens is 132 g/mol. The van der Waals surface area contributed by atoms with Crippen molar-refractivity contribution in [1.29, 1.82) is 0 Å². The molecular formula is C7H14O3. The van der Waals surface area contributed by atoms with Crippen LogP contribution in [0.2, 0.25) is 0 Å². The van der Waals surface area contributed by atoms with E-state index < -0.39 is 0 Å². The van der Waals surface area contributed by atoms with Crippen LogP contribution in [0.5, 0.6) is 0 Å². The highest BCUT2D eigenvalue weighted by molar-refractivity contribution is 4.72. The van der Waals surface area contributed by atoms with E-state index in [0.717, 1.165) is 0 Å². The van der Waals surface area contributed by atoms with Gasteiger partial charge < -0.3 is 14.2 Å². The molecule has 0 aromatic heterocycles. The molecule has 3 nitrogen and oxygen atoms in total. The van der Waals surface area contributed by atoms with Crippen LogP contribution in [0, 0.1) is 0 Å². The van der Waals surface area contributed by atoms with Gasteiger partial charge in [-0.05, 0) is 6.92 Å². The second kappa shape index (κ2) is 6.58. The van der Waals surface area contributed by atoms with Gasteiger partial charge in [-0.1, -0.05) is 6.58 Å². The maximum Gasteiger partial charge on any atom is 0.188 e. The molecule has 0 unspecified atom stereocenters. The standard InChI is InChI=1S/C7H14O3/c1-7(2)10-6-9-5-4-8-3/h1,4-6H2,2-3H3. The Morgan fingerprint density at radius 2 is 2.10 bits per heavy atom. The molecule has 0 radical (unpaired) electrons. The first-order valence-corrected chi connectivity index (χ1v) is 3.12. The van der Waals surface area contributed by atoms with Gasteiger partial charge in [-0.2, -0.15) is 0 Å². The summed E-state index contributed by atoms with van der Waals surface area (Å²) < 4.78 is 14.6. The molecule has 0 aromatic rings. The second-order valence-corrected chi connectivity index (χ2v) is 1.87. The fraction of sp³-hybridized carbons (Fsp3) is 0.714. The molecule has 0 saturated carbocycles. The van der Waals surface area contributed by atoms with Crippen molar-refractivity contribution in [2.45, 2.75) is 6.92 Å². The van der Waals surface area contributed by atoms with E-state index in [1.54, 1.807) is 14.0 Å². The van der Waals surface area contributed by atoms with E-state index in [1.165, 1.54) is 0 Å². The molecule has 0 aromatic carbocycles. The number of hydrogen-bond acceptors (Lipinski definition) is 3. The first-order valence-electron chi connectivity index (χ1n) is 3.12. The average Bonchev–Trinajstić information content (AvgIpc) is 1.87. The molecule has 0 heterocycles. The predicted octanol–water partition coefficient (Wildman–Crippen LogP) is 1.16. The van der Waals surface area contributed by atoms with Gasteiger partial charge in [0, 0.05) is 7.11 Å². The largest absolute Gasteiger partial charge is 0.473 e. The Balaban J connectivity index is 2.84. The first-order chi connectivity index (χ1) is 4.77. The molecule has 0 aliphatic carbocycles. The summed E-state index contributed by atoms with van der Waals surface area (Å²) in [5.41, 5.74) is 0. The van der Waals surface area contributed by atoms with E-state index >= 15 is 0 Å². The summed E-state index contributed by atoms with van der Waals surface area (Å²) in [6.07, 6.45) is 0. The highest BCUT2D eigenvalue weighted by Crippen LogP contribution is 1.89. The summed E-state index contributed by atoms with van der Waals surface area (Å²) in [5, 5.41) is 0. The summed E-state index contributed by atoms with van der Waals surface area (Å²) in [7, 11) is 1.63. The molecule has 0 aliphatic heterocycles. The third kappa shape index (κ3) is 7.46. The van der Waals surface area contributed by atoms with E-state index in [4.69, 9.17) is 14.2 Å². The highest BCUT2D eigenvalue weighted by Gasteiger charge is 1.86. The van der Waals surface area contributed by atoms with Crippen LogP contribution in [0.15, 0.2) is 12.3 Å². The molecule has 0 atom stereocenters. The van der Waals surface area contributed by atoms with Gasteiger partial charge in [0.25, 0.3) is 0 Å². The highest BCUT2D eigenvalue weighted by atomic mass is 16.7. The molecule has 0 amide bonds. The van der Waals surface area contributed by atoms with Crippen molar-refractivity contribution in [3.8, 4) is 0 Å². The third-order valence-electron chi connectivity index (χ3n) is 0.820. The Labute approximate surface area is 61.6 Å². The number of ether oxygens (including phenoxy) is 3. The summed E-state index contributed by atoms with van der Waals surface area (Å²) >= 11 is 0. The van der Waals surface area contributed by atoms with E-state index in [-0.39, 0.29) is 6.79 Å². The van der Waals surface area contributed by atoms with Gasteiger partial charge >= 0.3 is 0 Å². The van der Waals surface area contributed by atoms with E-state index in [0.29, 0.717) is 19.0 Å². The molecule has 0 saturated heterocycles. The van der Waals surface area contributed by atoms with Crippen molar-refractivity contribution in [3.63, 3.8) is 0 Å². The van der Waals surface area contributed by atoms with Crippen molar-refractivity contribution in [1.82, 2.24) is 0 Å². The van der Waals surface area contributed by atoms with Crippen LogP contribution in [0.4, 0.5) is 0 Å². The SMILES string of the molecule is C=C(C)OCOCCOC. The topological polar surface area (TPSA) is 27.7 Å². The lowest BCUT2D eigenvalue weighted by molar-refractivity contribution is -0.0387. The summed E-state index contributed by atoms with van der Waals surface area (Å²) in [5.74, 6) is 0.664. The molecule has 0 aliphatic rings. The van der Waals surface area contributed by atoms with Crippen LogP contribution in [-0.2, 0) is 14.2 Å². The van der Waals surface area contributed by atoms with Crippen LogP contribution >= 0.6 is 0 Å². The quantitative estimate of drug-likeness (QED) is 0.319. The fourth-order valence-corrected chi connectivity index (χ4v) is 0.343. The van der Waals surface area contributed by atoms with Gasteiger partial charge in [0.15, 0.2) is 6.79 Å². The Morgan fingerprint density at radius 1 is 1.40 bits per heavy atom. The van der Waals surface area contributed by atoms with Crippen molar-refractivity contribution in [2.24, 2.45) is 0 Å². The maximum absolute atomic E-state index is 4.98. The minimum atomic E-state index is 0.263. The molecule has 10 heavy (non-hydrogen) atoms. The van der Waals surface area contributed by atoms with Crippen LogP contribution in [-0.4, -0.2) is 27.1 Å². The summed E-state index contributed by atoms with van der Waals surface area (Å²) in [4.78, 5) is 0. The van der Waals surface area contributed by atoms with Gasteiger partial charge in [0.2, 0.25) is 0 Å². The number of allylic oxidation sites excluding steroid dienone is 1. The molecule has 0 bridgehead atoms. The van der Waals surface area contributed by atoms with Gasteiger partial charge in [0.05, 0.1) is 19.0 Å². The van der Waals surface area contributed by atoms with Crippen molar-refractivity contribution in [3.05, 3.63) is 12.3 Å². The van der Waals surface area contributed by atoms with Gasteiger partial charge in [0.1, 0.15) is 0 Å². The summed E-state index contributed by atoms with van der Waals surface area (Å²) in [6.45, 7) is 6.74. The average molecular weight is 146 g/mol. The zero-order chi connectivity index (χ0) is 7.82. The van der Waals surface area contributed by atoms with E-state index in [2.05, 4.69) is 6.58 Å². The lowest BCUT2D eigenvalue weighted by Crippen LogP contribution is -2.04. The minimum absolute atomic E-state index is 0.263. The molecule has 60 valence electrons. The van der Waals surface area contributed by atoms with Crippen LogP contribution < -0.4 is 0 Å².